The molecule has 3 N–H and O–H groups in total. The van der Waals surface area contributed by atoms with Crippen molar-refractivity contribution in [3.63, 3.8) is 0 Å². The predicted molar refractivity (Wildman–Crippen MR) is 67.9 cm³/mol. The van der Waals surface area contributed by atoms with Gasteiger partial charge in [-0.05, 0) is 37.8 Å². The Morgan fingerprint density at radius 1 is 1.24 bits per heavy atom. The third-order valence-electron chi connectivity index (χ3n) is 3.07. The first-order valence-corrected chi connectivity index (χ1v) is 6.52. The van der Waals surface area contributed by atoms with E-state index >= 15 is 0 Å². The van der Waals surface area contributed by atoms with Gasteiger partial charge in [0.05, 0.1) is 0 Å². The lowest BCUT2D eigenvalue weighted by atomic mass is 9.91. The lowest BCUT2D eigenvalue weighted by Gasteiger charge is -2.28. The summed E-state index contributed by atoms with van der Waals surface area (Å²) in [6.45, 7) is 0. The van der Waals surface area contributed by atoms with Crippen LogP contribution in [0.25, 0.3) is 0 Å². The van der Waals surface area contributed by atoms with Crippen molar-refractivity contribution in [2.75, 3.05) is 5.32 Å². The number of anilines is 1. The largest absolute Gasteiger partial charge is 0.378 e. The Morgan fingerprint density at radius 2 is 1.88 bits per heavy atom. The monoisotopic (exact) mass is 304 g/mol. The van der Waals surface area contributed by atoms with E-state index in [9.17, 15) is 8.78 Å². The van der Waals surface area contributed by atoms with Crippen LogP contribution in [0, 0.1) is 11.6 Å². The molecule has 2 atom stereocenters. The third kappa shape index (κ3) is 3.16. The minimum absolute atomic E-state index is 0.0488. The first-order chi connectivity index (χ1) is 8.06. The van der Waals surface area contributed by atoms with Gasteiger partial charge in [0.1, 0.15) is 17.3 Å². The maximum Gasteiger partial charge on any atom is 0.150 e. The summed E-state index contributed by atoms with van der Waals surface area (Å²) >= 11 is 3.05. The third-order valence-corrected chi connectivity index (χ3v) is 3.53. The fraction of sp³-hybridized carbons (Fsp3) is 0.500. The molecule has 5 heteroatoms. The molecule has 1 aliphatic rings. The van der Waals surface area contributed by atoms with E-state index in [-0.39, 0.29) is 17.8 Å². The first-order valence-electron chi connectivity index (χ1n) is 5.73. The van der Waals surface area contributed by atoms with Crippen molar-refractivity contribution < 1.29 is 8.78 Å². The van der Waals surface area contributed by atoms with Gasteiger partial charge in [0.15, 0.2) is 0 Å². The van der Waals surface area contributed by atoms with E-state index in [2.05, 4.69) is 21.2 Å². The molecule has 2 unspecified atom stereocenters. The number of hydrogen-bond acceptors (Lipinski definition) is 2. The molecule has 17 heavy (non-hydrogen) atoms. The fourth-order valence-corrected chi connectivity index (χ4v) is 2.64. The van der Waals surface area contributed by atoms with Gasteiger partial charge in [-0.2, -0.15) is 0 Å². The molecule has 94 valence electrons. The molecule has 0 saturated heterocycles. The van der Waals surface area contributed by atoms with Gasteiger partial charge >= 0.3 is 0 Å². The second kappa shape index (κ2) is 5.31. The summed E-state index contributed by atoms with van der Waals surface area (Å²) in [6, 6.07) is 2.70. The topological polar surface area (TPSA) is 38.0 Å². The van der Waals surface area contributed by atoms with Crippen LogP contribution < -0.4 is 11.1 Å². The summed E-state index contributed by atoms with van der Waals surface area (Å²) in [7, 11) is 0. The van der Waals surface area contributed by atoms with Crippen LogP contribution in [0.4, 0.5) is 14.5 Å². The van der Waals surface area contributed by atoms with E-state index in [0.717, 1.165) is 25.7 Å². The molecule has 2 rings (SSSR count). The molecule has 1 aliphatic carbocycles. The van der Waals surface area contributed by atoms with Crippen LogP contribution in [-0.2, 0) is 0 Å². The van der Waals surface area contributed by atoms with Crippen LogP contribution in [0.15, 0.2) is 16.6 Å². The summed E-state index contributed by atoms with van der Waals surface area (Å²) in [5, 5.41) is 2.92. The van der Waals surface area contributed by atoms with Crippen molar-refractivity contribution >= 4 is 21.6 Å². The Hall–Kier alpha value is -0.680. The molecule has 0 radical (unpaired) electrons. The van der Waals surface area contributed by atoms with Crippen molar-refractivity contribution in [1.29, 1.82) is 0 Å². The highest BCUT2D eigenvalue weighted by atomic mass is 79.9. The highest BCUT2D eigenvalue weighted by Crippen LogP contribution is 2.27. The highest BCUT2D eigenvalue weighted by Gasteiger charge is 2.21. The summed E-state index contributed by atoms with van der Waals surface area (Å²) in [5.41, 5.74) is 5.80. The number of nitrogens with two attached hydrogens (primary N) is 1. The first kappa shape index (κ1) is 12.8. The van der Waals surface area contributed by atoms with E-state index in [4.69, 9.17) is 5.73 Å². The van der Waals surface area contributed by atoms with Gasteiger partial charge in [-0.1, -0.05) is 15.9 Å². The van der Waals surface area contributed by atoms with Gasteiger partial charge in [0.25, 0.3) is 0 Å². The molecule has 1 aromatic rings. The molecule has 1 fully saturated rings. The van der Waals surface area contributed by atoms with E-state index in [1.807, 2.05) is 0 Å². The Balaban J connectivity index is 2.12. The minimum atomic E-state index is -0.573. The highest BCUT2D eigenvalue weighted by molar-refractivity contribution is 9.10. The second-order valence-corrected chi connectivity index (χ2v) is 5.43. The smallest absolute Gasteiger partial charge is 0.150 e. The number of hydrogen-bond donors (Lipinski definition) is 2. The van der Waals surface area contributed by atoms with E-state index in [0.29, 0.717) is 4.47 Å². The van der Waals surface area contributed by atoms with Crippen molar-refractivity contribution in [3.8, 4) is 0 Å². The van der Waals surface area contributed by atoms with E-state index in [1.54, 1.807) is 0 Å². The van der Waals surface area contributed by atoms with Gasteiger partial charge in [0.2, 0.25) is 0 Å². The van der Waals surface area contributed by atoms with Crippen LogP contribution in [0.5, 0.6) is 0 Å². The Labute approximate surface area is 108 Å². The van der Waals surface area contributed by atoms with Gasteiger partial charge in [-0.3, -0.25) is 0 Å². The molecular formula is C12H15BrF2N2. The molecule has 0 amide bonds. The van der Waals surface area contributed by atoms with Crippen molar-refractivity contribution in [1.82, 2.24) is 0 Å². The van der Waals surface area contributed by atoms with Gasteiger partial charge in [-0.15, -0.1) is 0 Å². The van der Waals surface area contributed by atoms with Crippen LogP contribution in [0.1, 0.15) is 25.7 Å². The van der Waals surface area contributed by atoms with E-state index in [1.165, 1.54) is 12.1 Å². The fourth-order valence-electron chi connectivity index (χ4n) is 2.24. The average molecular weight is 305 g/mol. The van der Waals surface area contributed by atoms with Crippen LogP contribution in [0.3, 0.4) is 0 Å². The lowest BCUT2D eigenvalue weighted by Crippen LogP contribution is -2.35. The molecule has 0 heterocycles. The summed E-state index contributed by atoms with van der Waals surface area (Å²) < 4.78 is 27.6. The van der Waals surface area contributed by atoms with Crippen LogP contribution in [-0.4, -0.2) is 12.1 Å². The number of rotatable bonds is 2. The number of halogens is 3. The molecule has 1 aromatic carbocycles. The Kier molecular flexibility index (Phi) is 3.99. The summed E-state index contributed by atoms with van der Waals surface area (Å²) in [5.74, 6) is -1.15. The zero-order valence-electron chi connectivity index (χ0n) is 9.35. The predicted octanol–water partition coefficient (Wildman–Crippen LogP) is 3.41. The van der Waals surface area contributed by atoms with Crippen molar-refractivity contribution in [2.24, 2.45) is 5.73 Å². The zero-order chi connectivity index (χ0) is 12.4. The molecule has 0 aliphatic heterocycles. The molecular weight excluding hydrogens is 290 g/mol. The molecule has 0 aromatic heterocycles. The standard InChI is InChI=1S/C12H15BrF2N2/c13-7-4-10(14)12(11(15)5-7)17-9-3-1-2-8(16)6-9/h4-5,8-9,17H,1-3,6,16H2. The maximum atomic E-state index is 13.6. The lowest BCUT2D eigenvalue weighted by molar-refractivity contribution is 0.407. The summed E-state index contributed by atoms with van der Waals surface area (Å²) in [4.78, 5) is 0. The van der Waals surface area contributed by atoms with Crippen molar-refractivity contribution in [2.45, 2.75) is 37.8 Å². The van der Waals surface area contributed by atoms with Gasteiger partial charge < -0.3 is 11.1 Å². The maximum absolute atomic E-state index is 13.6. The van der Waals surface area contributed by atoms with E-state index < -0.39 is 11.6 Å². The molecule has 2 nitrogen and oxygen atoms in total. The van der Waals surface area contributed by atoms with Gasteiger partial charge in [-0.25, -0.2) is 8.78 Å². The Bertz CT molecular complexity index is 388. The molecule has 0 spiro atoms. The Morgan fingerprint density at radius 3 is 2.47 bits per heavy atom. The quantitative estimate of drug-likeness (QED) is 0.879. The normalized spacial score (nSPS) is 24.7. The SMILES string of the molecule is NC1CCCC(Nc2c(F)cc(Br)cc2F)C1. The minimum Gasteiger partial charge on any atom is -0.378 e. The van der Waals surface area contributed by atoms with Crippen molar-refractivity contribution in [3.05, 3.63) is 28.2 Å². The van der Waals surface area contributed by atoms with Crippen LogP contribution >= 0.6 is 15.9 Å². The zero-order valence-corrected chi connectivity index (χ0v) is 10.9. The van der Waals surface area contributed by atoms with Gasteiger partial charge in [0, 0.05) is 16.6 Å². The second-order valence-electron chi connectivity index (χ2n) is 4.51. The average Bonchev–Trinajstić information content (AvgIpc) is 2.23. The molecule has 1 saturated carbocycles. The number of benzene rings is 1. The number of nitrogens with one attached hydrogen (secondary N) is 1. The molecule has 0 bridgehead atoms. The van der Waals surface area contributed by atoms with Crippen LogP contribution in [0.2, 0.25) is 0 Å². The summed E-state index contributed by atoms with van der Waals surface area (Å²) in [6.07, 6.45) is 3.65.